The quantitative estimate of drug-likeness (QED) is 0.0470. The van der Waals surface area contributed by atoms with Crippen molar-refractivity contribution in [3.8, 4) is 28.7 Å². The van der Waals surface area contributed by atoms with Crippen molar-refractivity contribution in [3.63, 3.8) is 0 Å². The largest absolute Gasteiger partial charge is 0.493 e. The highest BCUT2D eigenvalue weighted by Crippen LogP contribution is 2.44. The van der Waals surface area contributed by atoms with Gasteiger partial charge in [-0.15, -0.1) is 0 Å². The minimum absolute atomic E-state index is 0.0921. The number of carbonyl (C=O) groups excluding carboxylic acids is 3. The van der Waals surface area contributed by atoms with Crippen LogP contribution in [-0.4, -0.2) is 111 Å². The molecule has 0 bridgehead atoms. The summed E-state index contributed by atoms with van der Waals surface area (Å²) in [7, 11) is 6.18. The van der Waals surface area contributed by atoms with Crippen LogP contribution < -0.4 is 23.7 Å². The Labute approximate surface area is 335 Å². The number of hydrogen-bond acceptors (Lipinski definition) is 11. The lowest BCUT2D eigenvalue weighted by atomic mass is 9.76. The molecule has 306 valence electrons. The van der Waals surface area contributed by atoms with Gasteiger partial charge in [0.05, 0.1) is 46.1 Å². The molecule has 0 aliphatic carbocycles. The Morgan fingerprint density at radius 1 is 0.825 bits per heavy atom. The number of imidazole rings is 1. The van der Waals surface area contributed by atoms with Crippen molar-refractivity contribution in [3.05, 3.63) is 71.5 Å². The van der Waals surface area contributed by atoms with Crippen LogP contribution in [0.4, 0.5) is 0 Å². The molecule has 1 atom stereocenters. The summed E-state index contributed by atoms with van der Waals surface area (Å²) in [6.45, 7) is 8.96. The highest BCUT2D eigenvalue weighted by Gasteiger charge is 2.43. The van der Waals surface area contributed by atoms with E-state index in [1.54, 1.807) is 26.4 Å². The van der Waals surface area contributed by atoms with Crippen molar-refractivity contribution in [2.24, 2.45) is 5.92 Å². The zero-order chi connectivity index (χ0) is 40.5. The number of amides is 1. The van der Waals surface area contributed by atoms with Crippen LogP contribution in [0.2, 0.25) is 0 Å². The molecule has 2 saturated heterocycles. The molecule has 13 nitrogen and oxygen atoms in total. The van der Waals surface area contributed by atoms with Gasteiger partial charge in [-0.05, 0) is 101 Å². The van der Waals surface area contributed by atoms with E-state index in [1.165, 1.54) is 14.2 Å². The van der Waals surface area contributed by atoms with Crippen molar-refractivity contribution in [1.29, 1.82) is 0 Å². The maximum absolute atomic E-state index is 14.2. The molecule has 1 aromatic heterocycles. The molecule has 0 radical (unpaired) electrons. The summed E-state index contributed by atoms with van der Waals surface area (Å²) in [6, 6.07) is 17.1. The van der Waals surface area contributed by atoms with E-state index in [-0.39, 0.29) is 46.7 Å². The maximum Gasteiger partial charge on any atom is 0.311 e. The van der Waals surface area contributed by atoms with Gasteiger partial charge in [-0.25, -0.2) is 4.98 Å². The predicted octanol–water partition coefficient (Wildman–Crippen LogP) is 6.58. The summed E-state index contributed by atoms with van der Waals surface area (Å²) in [5.41, 5.74) is 2.84. The Morgan fingerprint density at radius 2 is 1.53 bits per heavy atom. The molecule has 0 saturated carbocycles. The first-order valence-corrected chi connectivity index (χ1v) is 20.0. The van der Waals surface area contributed by atoms with Crippen molar-refractivity contribution in [1.82, 2.24) is 19.4 Å². The van der Waals surface area contributed by atoms with Crippen LogP contribution in [0.3, 0.4) is 0 Å². The molecule has 2 aliphatic rings. The van der Waals surface area contributed by atoms with E-state index >= 15 is 0 Å². The second-order valence-electron chi connectivity index (χ2n) is 14.8. The number of hydrogen-bond donors (Lipinski definition) is 0. The summed E-state index contributed by atoms with van der Waals surface area (Å²) >= 11 is 0. The molecule has 2 aliphatic heterocycles. The topological polar surface area (TPSA) is 131 Å². The summed E-state index contributed by atoms with van der Waals surface area (Å²) in [4.78, 5) is 49.7. The number of likely N-dealkylation sites (tertiary alicyclic amines) is 2. The van der Waals surface area contributed by atoms with E-state index in [4.69, 9.17) is 33.4 Å². The van der Waals surface area contributed by atoms with Crippen LogP contribution in [0, 0.1) is 5.92 Å². The molecule has 57 heavy (non-hydrogen) atoms. The van der Waals surface area contributed by atoms with Crippen molar-refractivity contribution in [2.45, 2.75) is 64.3 Å². The number of rotatable bonds is 18. The smallest absolute Gasteiger partial charge is 0.311 e. The number of para-hydroxylation sites is 2. The number of Topliss-reactive ketones (excluding diaryl/α,β-unsaturated/α-hetero) is 1. The standard InChI is InChI=1S/C44H56N4O9/c1-7-11-39(49)57-41-37(54-5)26-31(27-38(41)55-6)43(51)47-23-19-44(29-47,32-14-15-35(52-3)36(28-32)53-4)18-22-46-20-16-30(17-21-46)40(50)42-45-33-12-9-10-13-34(33)48(42)24-25-56-8-2/h9-10,12-15,26-28,30H,7-8,11,16-25,29H2,1-6H3. The van der Waals surface area contributed by atoms with Crippen molar-refractivity contribution < 1.29 is 42.8 Å². The van der Waals surface area contributed by atoms with E-state index in [0.717, 1.165) is 61.9 Å². The third-order valence-corrected chi connectivity index (χ3v) is 11.4. The van der Waals surface area contributed by atoms with Gasteiger partial charge in [0.1, 0.15) is 0 Å². The van der Waals surface area contributed by atoms with E-state index in [1.807, 2.05) is 59.7 Å². The molecule has 0 spiro atoms. The number of methoxy groups -OCH3 is 4. The van der Waals surface area contributed by atoms with Crippen molar-refractivity contribution in [2.75, 3.05) is 74.4 Å². The molecular formula is C44H56N4O9. The Balaban J connectivity index is 1.18. The lowest BCUT2D eigenvalue weighted by molar-refractivity contribution is -0.134. The van der Waals surface area contributed by atoms with Gasteiger partial charge < -0.3 is 42.8 Å². The van der Waals surface area contributed by atoms with Gasteiger partial charge in [0.15, 0.2) is 28.8 Å². The number of esters is 1. The molecule has 2 fully saturated rings. The minimum Gasteiger partial charge on any atom is -0.493 e. The SMILES string of the molecule is CCCC(=O)Oc1c(OC)cc(C(=O)N2CCC(CCN3CCC(C(=O)c4nc5ccccc5n4CCOCC)CC3)(c3ccc(OC)c(OC)c3)C2)cc1OC. The molecule has 4 aromatic rings. The van der Waals surface area contributed by atoms with Gasteiger partial charge >= 0.3 is 5.97 Å². The average Bonchev–Trinajstić information content (AvgIpc) is 3.85. The zero-order valence-electron chi connectivity index (χ0n) is 34.1. The first kappa shape index (κ1) is 41.5. The molecule has 1 unspecified atom stereocenters. The third-order valence-electron chi connectivity index (χ3n) is 11.4. The Morgan fingerprint density at radius 3 is 2.19 bits per heavy atom. The number of carbonyl (C=O) groups is 3. The second-order valence-corrected chi connectivity index (χ2v) is 14.8. The minimum atomic E-state index is -0.405. The van der Waals surface area contributed by atoms with E-state index < -0.39 is 5.97 Å². The highest BCUT2D eigenvalue weighted by atomic mass is 16.6. The van der Waals surface area contributed by atoms with Crippen LogP contribution in [0.5, 0.6) is 28.7 Å². The first-order chi connectivity index (χ1) is 27.7. The second kappa shape index (κ2) is 18.9. The number of nitrogens with zero attached hydrogens (tertiary/aromatic N) is 4. The van der Waals surface area contributed by atoms with Gasteiger partial charge in [-0.1, -0.05) is 25.1 Å². The lowest BCUT2D eigenvalue weighted by Crippen LogP contribution is -2.41. The van der Waals surface area contributed by atoms with Gasteiger partial charge in [-0.2, -0.15) is 0 Å². The van der Waals surface area contributed by atoms with Gasteiger partial charge in [0.25, 0.3) is 5.91 Å². The fourth-order valence-electron chi connectivity index (χ4n) is 8.22. The van der Waals surface area contributed by atoms with Gasteiger partial charge in [0, 0.05) is 49.6 Å². The van der Waals surface area contributed by atoms with Crippen LogP contribution in [-0.2, 0) is 21.5 Å². The highest BCUT2D eigenvalue weighted by molar-refractivity contribution is 5.98. The number of benzene rings is 3. The third kappa shape index (κ3) is 9.05. The van der Waals surface area contributed by atoms with E-state index in [2.05, 4.69) is 11.0 Å². The van der Waals surface area contributed by atoms with Crippen molar-refractivity contribution >= 4 is 28.7 Å². The van der Waals surface area contributed by atoms with Crippen LogP contribution in [0.25, 0.3) is 11.0 Å². The fourth-order valence-corrected chi connectivity index (χ4v) is 8.22. The summed E-state index contributed by atoms with van der Waals surface area (Å²) in [5, 5.41) is 0. The molecular weight excluding hydrogens is 729 g/mol. The Hall–Kier alpha value is -5.14. The number of piperidine rings is 1. The number of ketones is 1. The molecule has 0 N–H and O–H groups in total. The normalized spacial score (nSPS) is 17.5. The summed E-state index contributed by atoms with van der Waals surface area (Å²) in [5.74, 6) is 1.83. The van der Waals surface area contributed by atoms with E-state index in [9.17, 15) is 14.4 Å². The fraction of sp³-hybridized carbons (Fsp3) is 0.500. The lowest BCUT2D eigenvalue weighted by Gasteiger charge is -2.36. The Bertz CT molecular complexity index is 2010. The van der Waals surface area contributed by atoms with Crippen LogP contribution in [0.15, 0.2) is 54.6 Å². The van der Waals surface area contributed by atoms with Crippen LogP contribution in [0.1, 0.15) is 78.9 Å². The van der Waals surface area contributed by atoms with Crippen LogP contribution >= 0.6 is 0 Å². The van der Waals surface area contributed by atoms with Gasteiger partial charge in [0.2, 0.25) is 11.5 Å². The Kier molecular flexibility index (Phi) is 13.7. The zero-order valence-corrected chi connectivity index (χ0v) is 34.1. The molecule has 13 heteroatoms. The summed E-state index contributed by atoms with van der Waals surface area (Å²) in [6.07, 6.45) is 3.90. The first-order valence-electron chi connectivity index (χ1n) is 20.0. The number of aromatic nitrogens is 2. The molecule has 3 aromatic carbocycles. The number of fused-ring (bicyclic) bond motifs is 1. The van der Waals surface area contributed by atoms with E-state index in [0.29, 0.717) is 62.2 Å². The van der Waals surface area contributed by atoms with Gasteiger partial charge in [-0.3, -0.25) is 14.4 Å². The molecule has 6 rings (SSSR count). The maximum atomic E-state index is 14.2. The summed E-state index contributed by atoms with van der Waals surface area (Å²) < 4.78 is 35.7. The predicted molar refractivity (Wildman–Crippen MR) is 216 cm³/mol. The molecule has 3 heterocycles. The average molecular weight is 785 g/mol. The number of ether oxygens (including phenoxy) is 6. The molecule has 1 amide bonds. The monoisotopic (exact) mass is 784 g/mol.